The summed E-state index contributed by atoms with van der Waals surface area (Å²) in [4.78, 5) is 4.24. The van der Waals surface area contributed by atoms with Crippen molar-refractivity contribution in [1.82, 2.24) is 10.3 Å². The van der Waals surface area contributed by atoms with E-state index in [4.69, 9.17) is 0 Å². The first-order valence-electron chi connectivity index (χ1n) is 4.70. The summed E-state index contributed by atoms with van der Waals surface area (Å²) in [6, 6.07) is 0. The van der Waals surface area contributed by atoms with Crippen LogP contribution in [0.1, 0.15) is 32.9 Å². The van der Waals surface area contributed by atoms with Gasteiger partial charge in [0, 0.05) is 10.9 Å². The average molecular weight is 198 g/mol. The number of aryl methyl sites for hydroxylation is 1. The molecular formula is C10H18N2S. The Balaban J connectivity index is 2.09. The second kappa shape index (κ2) is 4.72. The Bertz CT molecular complexity index is 224. The molecule has 0 radical (unpaired) electrons. The quantitative estimate of drug-likeness (QED) is 0.752. The van der Waals surface area contributed by atoms with E-state index >= 15 is 0 Å². The fraction of sp³-hybridized carbons (Fsp3) is 0.700. The lowest BCUT2D eigenvalue weighted by Gasteiger charge is -2.20. The number of nitrogens with one attached hydrogen (secondary N) is 1. The summed E-state index contributed by atoms with van der Waals surface area (Å²) >= 11 is 1.67. The van der Waals surface area contributed by atoms with Crippen LogP contribution >= 0.6 is 11.3 Å². The maximum atomic E-state index is 4.24. The van der Waals surface area contributed by atoms with Crippen molar-refractivity contribution in [2.75, 3.05) is 6.54 Å². The van der Waals surface area contributed by atoms with Crippen molar-refractivity contribution in [3.8, 4) is 0 Å². The van der Waals surface area contributed by atoms with Crippen molar-refractivity contribution in [2.24, 2.45) is 0 Å². The third-order valence-electron chi connectivity index (χ3n) is 1.75. The van der Waals surface area contributed by atoms with Crippen LogP contribution in [-0.4, -0.2) is 17.1 Å². The molecule has 1 heterocycles. The average Bonchev–Trinajstić information content (AvgIpc) is 2.48. The molecule has 1 aromatic rings. The first-order valence-corrected chi connectivity index (χ1v) is 5.64. The van der Waals surface area contributed by atoms with Gasteiger partial charge in [-0.05, 0) is 40.2 Å². The lowest BCUT2D eigenvalue weighted by Crippen LogP contribution is -2.36. The highest BCUT2D eigenvalue weighted by atomic mass is 32.1. The predicted molar refractivity (Wildman–Crippen MR) is 58.2 cm³/mol. The Morgan fingerprint density at radius 1 is 1.46 bits per heavy atom. The lowest BCUT2D eigenvalue weighted by molar-refractivity contribution is 0.422. The molecule has 0 bridgehead atoms. The highest BCUT2D eigenvalue weighted by Crippen LogP contribution is 2.04. The molecule has 1 rings (SSSR count). The molecule has 0 saturated heterocycles. The molecule has 0 aliphatic carbocycles. The van der Waals surface area contributed by atoms with E-state index in [1.54, 1.807) is 11.3 Å². The Morgan fingerprint density at radius 3 is 2.77 bits per heavy atom. The van der Waals surface area contributed by atoms with E-state index in [1.165, 1.54) is 12.1 Å². The molecule has 2 nitrogen and oxygen atoms in total. The Labute approximate surface area is 84.4 Å². The van der Waals surface area contributed by atoms with Gasteiger partial charge in [-0.2, -0.15) is 0 Å². The summed E-state index contributed by atoms with van der Waals surface area (Å²) in [5.74, 6) is 0. The molecule has 1 aromatic heterocycles. The summed E-state index contributed by atoms with van der Waals surface area (Å²) in [7, 11) is 0. The molecule has 0 aliphatic rings. The fourth-order valence-corrected chi connectivity index (χ4v) is 1.69. The van der Waals surface area contributed by atoms with E-state index in [9.17, 15) is 0 Å². The topological polar surface area (TPSA) is 24.9 Å². The van der Waals surface area contributed by atoms with Crippen LogP contribution in [0.5, 0.6) is 0 Å². The minimum atomic E-state index is 0.238. The number of rotatable bonds is 4. The monoisotopic (exact) mass is 198 g/mol. The molecular weight excluding hydrogens is 180 g/mol. The van der Waals surface area contributed by atoms with Crippen molar-refractivity contribution in [3.05, 3.63) is 16.6 Å². The minimum absolute atomic E-state index is 0.238. The summed E-state index contributed by atoms with van der Waals surface area (Å²) in [5.41, 5.74) is 3.36. The van der Waals surface area contributed by atoms with Gasteiger partial charge in [0.2, 0.25) is 0 Å². The molecule has 0 atom stereocenters. The Morgan fingerprint density at radius 2 is 2.23 bits per heavy atom. The van der Waals surface area contributed by atoms with Crippen LogP contribution in [0.2, 0.25) is 0 Å². The standard InChI is InChI=1S/C10H18N2S/c1-10(2,3)12-6-4-5-9-7-13-8-11-9/h7-8,12H,4-6H2,1-3H3. The zero-order valence-corrected chi connectivity index (χ0v) is 9.45. The van der Waals surface area contributed by atoms with E-state index in [-0.39, 0.29) is 5.54 Å². The van der Waals surface area contributed by atoms with Crippen LogP contribution in [0.25, 0.3) is 0 Å². The second-order valence-electron chi connectivity index (χ2n) is 4.26. The summed E-state index contributed by atoms with van der Waals surface area (Å²) in [6.45, 7) is 7.64. The van der Waals surface area contributed by atoms with Gasteiger partial charge in [-0.3, -0.25) is 0 Å². The predicted octanol–water partition coefficient (Wildman–Crippen LogP) is 2.46. The molecule has 0 aromatic carbocycles. The highest BCUT2D eigenvalue weighted by Gasteiger charge is 2.07. The number of hydrogen-bond acceptors (Lipinski definition) is 3. The second-order valence-corrected chi connectivity index (χ2v) is 4.98. The van der Waals surface area contributed by atoms with Gasteiger partial charge in [0.15, 0.2) is 0 Å². The molecule has 1 N–H and O–H groups in total. The van der Waals surface area contributed by atoms with Gasteiger partial charge in [0.25, 0.3) is 0 Å². The summed E-state index contributed by atoms with van der Waals surface area (Å²) in [5, 5.41) is 5.58. The van der Waals surface area contributed by atoms with Gasteiger partial charge >= 0.3 is 0 Å². The molecule has 3 heteroatoms. The highest BCUT2D eigenvalue weighted by molar-refractivity contribution is 7.07. The van der Waals surface area contributed by atoms with Crippen molar-refractivity contribution >= 4 is 11.3 Å². The maximum absolute atomic E-state index is 4.24. The van der Waals surface area contributed by atoms with Crippen LogP contribution < -0.4 is 5.32 Å². The molecule has 74 valence electrons. The number of aromatic nitrogens is 1. The minimum Gasteiger partial charge on any atom is -0.312 e. The molecule has 0 aliphatic heterocycles. The third-order valence-corrected chi connectivity index (χ3v) is 2.38. The van der Waals surface area contributed by atoms with Crippen molar-refractivity contribution in [1.29, 1.82) is 0 Å². The van der Waals surface area contributed by atoms with Gasteiger partial charge in [-0.25, -0.2) is 4.98 Å². The van der Waals surface area contributed by atoms with E-state index in [0.29, 0.717) is 0 Å². The first-order chi connectivity index (χ1) is 6.08. The zero-order valence-electron chi connectivity index (χ0n) is 8.63. The Kier molecular flexibility index (Phi) is 3.88. The smallest absolute Gasteiger partial charge is 0.0794 e. The maximum Gasteiger partial charge on any atom is 0.0794 e. The third kappa shape index (κ3) is 5.01. The molecule has 0 saturated carbocycles. The van der Waals surface area contributed by atoms with E-state index in [0.717, 1.165) is 13.0 Å². The number of hydrogen-bond donors (Lipinski definition) is 1. The van der Waals surface area contributed by atoms with Gasteiger partial charge < -0.3 is 5.32 Å². The van der Waals surface area contributed by atoms with E-state index in [1.807, 2.05) is 5.51 Å². The molecule has 13 heavy (non-hydrogen) atoms. The molecule has 0 amide bonds. The van der Waals surface area contributed by atoms with Crippen LogP contribution in [0.3, 0.4) is 0 Å². The fourth-order valence-electron chi connectivity index (χ4n) is 1.09. The molecule has 0 spiro atoms. The van der Waals surface area contributed by atoms with Crippen LogP contribution in [0, 0.1) is 0 Å². The summed E-state index contributed by atoms with van der Waals surface area (Å²) in [6.07, 6.45) is 2.26. The SMILES string of the molecule is CC(C)(C)NCCCc1cscn1. The Hall–Kier alpha value is -0.410. The van der Waals surface area contributed by atoms with Gasteiger partial charge in [0.1, 0.15) is 0 Å². The van der Waals surface area contributed by atoms with Gasteiger partial charge in [-0.15, -0.1) is 11.3 Å². The van der Waals surface area contributed by atoms with Crippen molar-refractivity contribution < 1.29 is 0 Å². The van der Waals surface area contributed by atoms with Gasteiger partial charge in [0.05, 0.1) is 11.2 Å². The van der Waals surface area contributed by atoms with Gasteiger partial charge in [-0.1, -0.05) is 0 Å². The van der Waals surface area contributed by atoms with Crippen LogP contribution in [-0.2, 0) is 6.42 Å². The lowest BCUT2D eigenvalue weighted by atomic mass is 10.1. The normalized spacial score (nSPS) is 11.9. The zero-order chi connectivity index (χ0) is 9.73. The van der Waals surface area contributed by atoms with Crippen molar-refractivity contribution in [3.63, 3.8) is 0 Å². The van der Waals surface area contributed by atoms with Crippen LogP contribution in [0.15, 0.2) is 10.9 Å². The first kappa shape index (κ1) is 10.7. The molecule has 0 fully saturated rings. The number of thiazole rings is 1. The largest absolute Gasteiger partial charge is 0.312 e. The number of nitrogens with zero attached hydrogens (tertiary/aromatic N) is 1. The van der Waals surface area contributed by atoms with E-state index < -0.39 is 0 Å². The van der Waals surface area contributed by atoms with Crippen LogP contribution in [0.4, 0.5) is 0 Å². The van der Waals surface area contributed by atoms with E-state index in [2.05, 4.69) is 36.5 Å². The molecule has 0 unspecified atom stereocenters. The van der Waals surface area contributed by atoms with Crippen molar-refractivity contribution in [2.45, 2.75) is 39.2 Å². The summed E-state index contributed by atoms with van der Waals surface area (Å²) < 4.78 is 0.